The van der Waals surface area contributed by atoms with Crippen LogP contribution in [0.25, 0.3) is 0 Å². The zero-order chi connectivity index (χ0) is 14.7. The number of carbonyl (C=O) groups excluding carboxylic acids is 1. The number of aromatic nitrogens is 1. The largest absolute Gasteiger partial charge is 0.397 e. The molecular formula is C14H18N4OS. The number of rotatable bonds is 5. The van der Waals surface area contributed by atoms with Crippen molar-refractivity contribution < 1.29 is 4.79 Å². The fourth-order valence-electron chi connectivity index (χ4n) is 1.92. The normalized spacial score (nSPS) is 10.8. The second-order valence-corrected chi connectivity index (χ2v) is 5.83. The Morgan fingerprint density at radius 3 is 2.80 bits per heavy atom. The lowest BCUT2D eigenvalue weighted by Gasteiger charge is -2.27. The molecule has 0 unspecified atom stereocenters. The highest BCUT2D eigenvalue weighted by atomic mass is 32.1. The summed E-state index contributed by atoms with van der Waals surface area (Å²) in [6.45, 7) is 4.90. The molecule has 106 valence electrons. The van der Waals surface area contributed by atoms with Crippen LogP contribution in [0.15, 0.2) is 29.8 Å². The first kappa shape index (κ1) is 14.3. The summed E-state index contributed by atoms with van der Waals surface area (Å²) in [7, 11) is 0. The maximum Gasteiger partial charge on any atom is 0.250 e. The van der Waals surface area contributed by atoms with Gasteiger partial charge in [0.2, 0.25) is 0 Å². The highest BCUT2D eigenvalue weighted by Gasteiger charge is 2.16. The number of hydrogen-bond donors (Lipinski definition) is 2. The van der Waals surface area contributed by atoms with E-state index in [-0.39, 0.29) is 6.04 Å². The number of carbonyl (C=O) groups is 1. The van der Waals surface area contributed by atoms with E-state index in [1.807, 2.05) is 11.4 Å². The summed E-state index contributed by atoms with van der Waals surface area (Å²) in [5.41, 5.74) is 11.7. The highest BCUT2D eigenvalue weighted by molar-refractivity contribution is 7.09. The van der Waals surface area contributed by atoms with Gasteiger partial charge in [-0.3, -0.25) is 4.79 Å². The van der Waals surface area contributed by atoms with Crippen LogP contribution in [0.2, 0.25) is 0 Å². The van der Waals surface area contributed by atoms with E-state index in [1.165, 1.54) is 11.1 Å². The second kappa shape index (κ2) is 5.92. The van der Waals surface area contributed by atoms with Crippen LogP contribution in [-0.4, -0.2) is 16.9 Å². The average Bonchev–Trinajstić information content (AvgIpc) is 2.89. The van der Waals surface area contributed by atoms with Gasteiger partial charge in [-0.2, -0.15) is 0 Å². The SMILES string of the molecule is CC(C)N(Cc1cccs1)c1cc(C(N)=O)c(N)cn1. The fourth-order valence-corrected chi connectivity index (χ4v) is 2.63. The van der Waals surface area contributed by atoms with E-state index >= 15 is 0 Å². The molecule has 0 spiro atoms. The van der Waals surface area contributed by atoms with Gasteiger partial charge in [0.05, 0.1) is 24.0 Å². The van der Waals surface area contributed by atoms with E-state index in [9.17, 15) is 4.79 Å². The van der Waals surface area contributed by atoms with Gasteiger partial charge in [0, 0.05) is 10.9 Å². The monoisotopic (exact) mass is 290 g/mol. The van der Waals surface area contributed by atoms with Crippen molar-refractivity contribution in [3.8, 4) is 0 Å². The standard InChI is InChI=1S/C14H18N4OS/c1-9(2)18(8-10-4-3-5-20-10)13-6-11(14(16)19)12(15)7-17-13/h3-7,9H,8,15H2,1-2H3,(H2,16,19). The van der Waals surface area contributed by atoms with Crippen LogP contribution in [0, 0.1) is 0 Å². The molecule has 2 heterocycles. The summed E-state index contributed by atoms with van der Waals surface area (Å²) in [6.07, 6.45) is 1.49. The summed E-state index contributed by atoms with van der Waals surface area (Å²) in [5.74, 6) is 0.169. The molecule has 0 aliphatic carbocycles. The average molecular weight is 290 g/mol. The zero-order valence-corrected chi connectivity index (χ0v) is 12.4. The molecule has 4 N–H and O–H groups in total. The molecule has 2 aromatic heterocycles. The maximum atomic E-state index is 11.4. The first-order chi connectivity index (χ1) is 9.49. The van der Waals surface area contributed by atoms with Crippen molar-refractivity contribution in [2.24, 2.45) is 5.73 Å². The van der Waals surface area contributed by atoms with E-state index in [4.69, 9.17) is 11.5 Å². The number of nitrogens with zero attached hydrogens (tertiary/aromatic N) is 2. The van der Waals surface area contributed by atoms with E-state index in [2.05, 4.69) is 29.8 Å². The minimum absolute atomic E-state index is 0.244. The first-order valence-corrected chi connectivity index (χ1v) is 7.21. The van der Waals surface area contributed by atoms with Gasteiger partial charge in [-0.15, -0.1) is 11.3 Å². The molecule has 5 nitrogen and oxygen atoms in total. The predicted molar refractivity (Wildman–Crippen MR) is 82.8 cm³/mol. The molecule has 0 aromatic carbocycles. The molecule has 0 radical (unpaired) electrons. The molecule has 0 saturated carbocycles. The molecule has 0 aliphatic rings. The third-order valence-electron chi connectivity index (χ3n) is 3.01. The number of amides is 1. The van der Waals surface area contributed by atoms with Crippen molar-refractivity contribution in [3.05, 3.63) is 40.2 Å². The van der Waals surface area contributed by atoms with Crippen molar-refractivity contribution in [3.63, 3.8) is 0 Å². The van der Waals surface area contributed by atoms with Gasteiger partial charge in [-0.1, -0.05) is 6.07 Å². The molecule has 0 aliphatic heterocycles. The number of anilines is 2. The Balaban J connectivity index is 2.34. The Morgan fingerprint density at radius 2 is 2.25 bits per heavy atom. The number of pyridine rings is 1. The highest BCUT2D eigenvalue weighted by Crippen LogP contribution is 2.23. The van der Waals surface area contributed by atoms with Crippen molar-refractivity contribution in [1.29, 1.82) is 0 Å². The molecule has 2 aromatic rings. The predicted octanol–water partition coefficient (Wildman–Crippen LogP) is 2.24. The van der Waals surface area contributed by atoms with Gasteiger partial charge in [0.15, 0.2) is 0 Å². The van der Waals surface area contributed by atoms with Crippen LogP contribution < -0.4 is 16.4 Å². The molecule has 0 bridgehead atoms. The lowest BCUT2D eigenvalue weighted by Crippen LogP contribution is -2.31. The number of hydrogen-bond acceptors (Lipinski definition) is 5. The van der Waals surface area contributed by atoms with Gasteiger partial charge < -0.3 is 16.4 Å². The topological polar surface area (TPSA) is 85.2 Å². The molecule has 2 rings (SSSR count). The van der Waals surface area contributed by atoms with E-state index in [0.29, 0.717) is 17.1 Å². The number of primary amides is 1. The van der Waals surface area contributed by atoms with Crippen LogP contribution in [0.3, 0.4) is 0 Å². The van der Waals surface area contributed by atoms with Crippen molar-refractivity contribution in [2.75, 3.05) is 10.6 Å². The molecule has 0 atom stereocenters. The summed E-state index contributed by atoms with van der Waals surface area (Å²) in [5, 5.41) is 2.04. The lowest BCUT2D eigenvalue weighted by atomic mass is 10.2. The summed E-state index contributed by atoms with van der Waals surface area (Å²) < 4.78 is 0. The Bertz CT molecular complexity index is 595. The zero-order valence-electron chi connectivity index (χ0n) is 11.5. The Kier molecular flexibility index (Phi) is 4.24. The molecule has 0 fully saturated rings. The Labute approximate surface area is 122 Å². The van der Waals surface area contributed by atoms with E-state index in [1.54, 1.807) is 17.4 Å². The van der Waals surface area contributed by atoms with Gasteiger partial charge in [0.25, 0.3) is 5.91 Å². The molecular weight excluding hydrogens is 272 g/mol. The fraction of sp³-hybridized carbons (Fsp3) is 0.286. The number of nitrogens with two attached hydrogens (primary N) is 2. The number of thiophene rings is 1. The summed E-state index contributed by atoms with van der Waals surface area (Å²) >= 11 is 1.69. The van der Waals surface area contributed by atoms with Crippen LogP contribution >= 0.6 is 11.3 Å². The number of nitrogen functional groups attached to an aromatic ring is 1. The van der Waals surface area contributed by atoms with Crippen LogP contribution in [0.4, 0.5) is 11.5 Å². The van der Waals surface area contributed by atoms with Crippen LogP contribution in [-0.2, 0) is 6.54 Å². The minimum atomic E-state index is -0.536. The van der Waals surface area contributed by atoms with Crippen molar-refractivity contribution in [1.82, 2.24) is 4.98 Å². The van der Waals surface area contributed by atoms with E-state index in [0.717, 1.165) is 6.54 Å². The van der Waals surface area contributed by atoms with Gasteiger partial charge in [-0.05, 0) is 31.4 Å². The van der Waals surface area contributed by atoms with Gasteiger partial charge in [0.1, 0.15) is 5.82 Å². The Morgan fingerprint density at radius 1 is 1.50 bits per heavy atom. The van der Waals surface area contributed by atoms with E-state index < -0.39 is 5.91 Å². The lowest BCUT2D eigenvalue weighted by molar-refractivity contribution is 0.100. The van der Waals surface area contributed by atoms with Crippen LogP contribution in [0.1, 0.15) is 29.1 Å². The van der Waals surface area contributed by atoms with Gasteiger partial charge >= 0.3 is 0 Å². The molecule has 6 heteroatoms. The molecule has 1 amide bonds. The Hall–Kier alpha value is -2.08. The first-order valence-electron chi connectivity index (χ1n) is 6.33. The van der Waals surface area contributed by atoms with Crippen molar-refractivity contribution in [2.45, 2.75) is 26.4 Å². The maximum absolute atomic E-state index is 11.4. The molecule has 20 heavy (non-hydrogen) atoms. The second-order valence-electron chi connectivity index (χ2n) is 4.80. The minimum Gasteiger partial charge on any atom is -0.397 e. The third kappa shape index (κ3) is 3.08. The van der Waals surface area contributed by atoms with Gasteiger partial charge in [-0.25, -0.2) is 4.98 Å². The van der Waals surface area contributed by atoms with Crippen LogP contribution in [0.5, 0.6) is 0 Å². The summed E-state index contributed by atoms with van der Waals surface area (Å²) in [6, 6.07) is 6.00. The third-order valence-corrected chi connectivity index (χ3v) is 3.87. The quantitative estimate of drug-likeness (QED) is 0.884. The molecule has 0 saturated heterocycles. The smallest absolute Gasteiger partial charge is 0.250 e. The van der Waals surface area contributed by atoms with Crippen molar-refractivity contribution >= 4 is 28.7 Å². The summed E-state index contributed by atoms with van der Waals surface area (Å²) in [4.78, 5) is 19.0.